The topological polar surface area (TPSA) is 101 Å². The van der Waals surface area contributed by atoms with Crippen LogP contribution in [0.15, 0.2) is 6.07 Å². The number of hydrogen-bond donors (Lipinski definition) is 2. The van der Waals surface area contributed by atoms with Gasteiger partial charge in [-0.15, -0.1) is 5.10 Å². The number of likely N-dealkylation sites (tertiary alicyclic amines) is 1. The third-order valence-corrected chi connectivity index (χ3v) is 4.66. The summed E-state index contributed by atoms with van der Waals surface area (Å²) in [5, 5.41) is 10.9. The van der Waals surface area contributed by atoms with Crippen LogP contribution in [0, 0.1) is 0 Å². The fourth-order valence-electron chi connectivity index (χ4n) is 2.63. The molecule has 7 nitrogen and oxygen atoms in total. The molecule has 0 aromatic carbocycles. The summed E-state index contributed by atoms with van der Waals surface area (Å²) in [6.45, 7) is 2.57. The number of hydrogen-bond acceptors (Lipinski definition) is 6. The van der Waals surface area contributed by atoms with Crippen molar-refractivity contribution in [2.45, 2.75) is 25.3 Å². The molecule has 3 N–H and O–H groups in total. The number of carbonyl (C=O) groups is 1. The minimum atomic E-state index is -0.509. The Kier molecular flexibility index (Phi) is 4.18. The number of primary amides is 1. The van der Waals surface area contributed by atoms with Crippen LogP contribution in [0.3, 0.4) is 0 Å². The zero-order chi connectivity index (χ0) is 14.8. The van der Waals surface area contributed by atoms with Gasteiger partial charge in [-0.05, 0) is 25.5 Å². The zero-order valence-corrected chi connectivity index (χ0v) is 12.8. The molecular formula is C12H15ClN6OS. The number of halogens is 1. The summed E-state index contributed by atoms with van der Waals surface area (Å²) in [6.07, 6.45) is 2.13. The van der Waals surface area contributed by atoms with Gasteiger partial charge in [-0.2, -0.15) is 5.10 Å². The molecule has 0 spiro atoms. The van der Waals surface area contributed by atoms with E-state index in [0.717, 1.165) is 37.3 Å². The monoisotopic (exact) mass is 326 g/mol. The highest BCUT2D eigenvalue weighted by Crippen LogP contribution is 2.28. The van der Waals surface area contributed by atoms with Crippen molar-refractivity contribution < 1.29 is 4.79 Å². The van der Waals surface area contributed by atoms with E-state index in [1.807, 2.05) is 0 Å². The molecule has 3 heterocycles. The summed E-state index contributed by atoms with van der Waals surface area (Å²) >= 11 is 7.26. The van der Waals surface area contributed by atoms with Gasteiger partial charge in [0.05, 0.1) is 0 Å². The summed E-state index contributed by atoms with van der Waals surface area (Å²) in [6, 6.07) is 1.74. The lowest BCUT2D eigenvalue weighted by Gasteiger charge is -2.31. The standard InChI is InChI=1S/C12H15ClN6OS/c13-11-10(17-18-21-11)6-19-3-1-2-7(5-19)8-4-9(12(14)20)16-15-8/h4,7H,1-3,5-6H2,(H2,14,20)(H,15,16). The van der Waals surface area contributed by atoms with Crippen molar-refractivity contribution in [3.8, 4) is 0 Å². The Morgan fingerprint density at radius 3 is 3.14 bits per heavy atom. The molecule has 2 aromatic heterocycles. The highest BCUT2D eigenvalue weighted by molar-refractivity contribution is 7.10. The molecule has 1 atom stereocenters. The first-order valence-corrected chi connectivity index (χ1v) is 7.83. The molecule has 1 fully saturated rings. The number of nitrogens with one attached hydrogen (secondary N) is 1. The van der Waals surface area contributed by atoms with Crippen LogP contribution in [0.25, 0.3) is 0 Å². The minimum Gasteiger partial charge on any atom is -0.364 e. The number of aromatic nitrogens is 4. The van der Waals surface area contributed by atoms with E-state index < -0.39 is 5.91 Å². The van der Waals surface area contributed by atoms with E-state index in [1.54, 1.807) is 6.07 Å². The van der Waals surface area contributed by atoms with Crippen molar-refractivity contribution in [3.63, 3.8) is 0 Å². The SMILES string of the molecule is NC(=O)c1cc(C2CCCN(Cc3nnsc3Cl)C2)[nH]n1. The molecule has 1 aliphatic heterocycles. The molecule has 112 valence electrons. The van der Waals surface area contributed by atoms with Crippen LogP contribution < -0.4 is 5.73 Å². The lowest BCUT2D eigenvalue weighted by Crippen LogP contribution is -2.34. The Bertz CT molecular complexity index is 641. The van der Waals surface area contributed by atoms with Crippen molar-refractivity contribution in [2.75, 3.05) is 13.1 Å². The first-order chi connectivity index (χ1) is 10.1. The maximum Gasteiger partial charge on any atom is 0.269 e. The van der Waals surface area contributed by atoms with Crippen LogP contribution in [-0.2, 0) is 6.54 Å². The molecule has 2 aromatic rings. The molecule has 0 saturated carbocycles. The van der Waals surface area contributed by atoms with Crippen LogP contribution in [0.2, 0.25) is 4.34 Å². The number of nitrogens with two attached hydrogens (primary N) is 1. The number of H-pyrrole nitrogens is 1. The molecule has 3 rings (SSSR count). The Morgan fingerprint density at radius 2 is 2.48 bits per heavy atom. The molecule has 1 saturated heterocycles. The smallest absolute Gasteiger partial charge is 0.269 e. The number of piperidine rings is 1. The largest absolute Gasteiger partial charge is 0.364 e. The number of carbonyl (C=O) groups excluding carboxylic acids is 1. The second-order valence-electron chi connectivity index (χ2n) is 5.14. The second-order valence-corrected chi connectivity index (χ2v) is 6.50. The van der Waals surface area contributed by atoms with Gasteiger partial charge in [0.2, 0.25) is 0 Å². The van der Waals surface area contributed by atoms with Crippen LogP contribution in [0.4, 0.5) is 0 Å². The van der Waals surface area contributed by atoms with Crippen molar-refractivity contribution >= 4 is 29.0 Å². The van der Waals surface area contributed by atoms with Gasteiger partial charge in [0, 0.05) is 36.2 Å². The normalized spacial score (nSPS) is 19.8. The highest BCUT2D eigenvalue weighted by atomic mass is 35.5. The van der Waals surface area contributed by atoms with Crippen molar-refractivity contribution in [2.24, 2.45) is 5.73 Å². The zero-order valence-electron chi connectivity index (χ0n) is 11.3. The Labute approximate surface area is 130 Å². The summed E-state index contributed by atoms with van der Waals surface area (Å²) < 4.78 is 4.50. The Balaban J connectivity index is 1.67. The third kappa shape index (κ3) is 3.22. The fraction of sp³-hybridized carbons (Fsp3) is 0.500. The summed E-state index contributed by atoms with van der Waals surface area (Å²) in [4.78, 5) is 13.4. The van der Waals surface area contributed by atoms with Crippen LogP contribution in [-0.4, -0.2) is 43.7 Å². The van der Waals surface area contributed by atoms with E-state index >= 15 is 0 Å². The summed E-state index contributed by atoms with van der Waals surface area (Å²) in [7, 11) is 0. The number of aromatic amines is 1. The van der Waals surface area contributed by atoms with E-state index in [-0.39, 0.29) is 5.69 Å². The van der Waals surface area contributed by atoms with Gasteiger partial charge >= 0.3 is 0 Å². The molecule has 0 bridgehead atoms. The average molecular weight is 327 g/mol. The number of nitrogens with zero attached hydrogens (tertiary/aromatic N) is 4. The number of amides is 1. The predicted octanol–water partition coefficient (Wildman–Crippen LogP) is 1.39. The molecule has 0 radical (unpaired) electrons. The van der Waals surface area contributed by atoms with E-state index in [0.29, 0.717) is 16.8 Å². The van der Waals surface area contributed by atoms with E-state index in [2.05, 4.69) is 24.7 Å². The Hall–Kier alpha value is -1.51. The third-order valence-electron chi connectivity index (χ3n) is 3.68. The highest BCUT2D eigenvalue weighted by Gasteiger charge is 2.24. The van der Waals surface area contributed by atoms with Gasteiger partial charge in [0.25, 0.3) is 5.91 Å². The Morgan fingerprint density at radius 1 is 1.62 bits per heavy atom. The van der Waals surface area contributed by atoms with Crippen molar-refractivity contribution in [3.05, 3.63) is 27.5 Å². The van der Waals surface area contributed by atoms with Crippen LogP contribution >= 0.6 is 23.1 Å². The molecule has 1 amide bonds. The molecule has 21 heavy (non-hydrogen) atoms. The molecule has 0 aliphatic carbocycles. The second kappa shape index (κ2) is 6.08. The minimum absolute atomic E-state index is 0.286. The van der Waals surface area contributed by atoms with Crippen molar-refractivity contribution in [1.82, 2.24) is 24.7 Å². The lowest BCUT2D eigenvalue weighted by molar-refractivity contribution is 0.0995. The van der Waals surface area contributed by atoms with E-state index in [9.17, 15) is 4.79 Å². The average Bonchev–Trinajstić information content (AvgIpc) is 3.09. The molecule has 1 unspecified atom stereocenters. The van der Waals surface area contributed by atoms with Crippen LogP contribution in [0.1, 0.15) is 40.6 Å². The van der Waals surface area contributed by atoms with Crippen molar-refractivity contribution in [1.29, 1.82) is 0 Å². The summed E-state index contributed by atoms with van der Waals surface area (Å²) in [5.74, 6) is -0.199. The number of rotatable bonds is 4. The quantitative estimate of drug-likeness (QED) is 0.884. The van der Waals surface area contributed by atoms with E-state index in [4.69, 9.17) is 17.3 Å². The predicted molar refractivity (Wildman–Crippen MR) is 79.3 cm³/mol. The molecular weight excluding hydrogens is 312 g/mol. The van der Waals surface area contributed by atoms with E-state index in [1.165, 1.54) is 11.5 Å². The van der Waals surface area contributed by atoms with Gasteiger partial charge in [-0.25, -0.2) is 0 Å². The molecule has 9 heteroatoms. The molecule has 1 aliphatic rings. The first-order valence-electron chi connectivity index (χ1n) is 6.67. The first kappa shape index (κ1) is 14.4. The van der Waals surface area contributed by atoms with Crippen LogP contribution in [0.5, 0.6) is 0 Å². The van der Waals surface area contributed by atoms with Gasteiger partial charge in [-0.3, -0.25) is 14.8 Å². The van der Waals surface area contributed by atoms with Gasteiger partial charge in [-0.1, -0.05) is 16.1 Å². The lowest BCUT2D eigenvalue weighted by atomic mass is 9.94. The van der Waals surface area contributed by atoms with Gasteiger partial charge in [0.15, 0.2) is 0 Å². The maximum absolute atomic E-state index is 11.1. The maximum atomic E-state index is 11.1. The van der Waals surface area contributed by atoms with Gasteiger partial charge < -0.3 is 5.73 Å². The summed E-state index contributed by atoms with van der Waals surface area (Å²) in [5.41, 5.74) is 7.29. The fourth-order valence-corrected chi connectivity index (χ4v) is 3.24. The van der Waals surface area contributed by atoms with Gasteiger partial charge in [0.1, 0.15) is 15.7 Å².